The van der Waals surface area contributed by atoms with Gasteiger partial charge in [0.25, 0.3) is 0 Å². The highest BCUT2D eigenvalue weighted by Gasteiger charge is 2.25. The number of esters is 2. The maximum atomic E-state index is 12.6. The molecule has 0 atom stereocenters. The van der Waals surface area contributed by atoms with E-state index in [1.54, 1.807) is 18.4 Å². The number of allylic oxidation sites excluding steroid dienone is 3. The Labute approximate surface area is 193 Å². The molecular formula is C24H26N2O5S. The molecule has 3 rings (SSSR count). The van der Waals surface area contributed by atoms with Gasteiger partial charge in [-0.15, -0.1) is 0 Å². The maximum Gasteiger partial charge on any atom is 0.340 e. The zero-order chi connectivity index (χ0) is 22.9. The summed E-state index contributed by atoms with van der Waals surface area (Å²) in [5.41, 5.74) is 1.89. The van der Waals surface area contributed by atoms with E-state index in [1.807, 2.05) is 52.4 Å². The molecule has 2 aliphatic heterocycles. The number of benzene rings is 1. The van der Waals surface area contributed by atoms with E-state index in [-0.39, 0.29) is 11.1 Å². The van der Waals surface area contributed by atoms with Crippen molar-refractivity contribution in [3.8, 4) is 0 Å². The van der Waals surface area contributed by atoms with Gasteiger partial charge in [-0.1, -0.05) is 42.5 Å². The number of carbonyl (C=O) groups excluding carboxylic acids is 2. The first kappa shape index (κ1) is 23.4. The molecule has 2 heterocycles. The molecule has 168 valence electrons. The Morgan fingerprint density at radius 1 is 1.06 bits per heavy atom. The lowest BCUT2D eigenvalue weighted by atomic mass is 10.0. The second-order valence-corrected chi connectivity index (χ2v) is 7.56. The van der Waals surface area contributed by atoms with Gasteiger partial charge in [-0.25, -0.2) is 9.59 Å². The third kappa shape index (κ3) is 6.15. The zero-order valence-corrected chi connectivity index (χ0v) is 19.0. The van der Waals surface area contributed by atoms with E-state index in [9.17, 15) is 9.59 Å². The van der Waals surface area contributed by atoms with E-state index in [0.29, 0.717) is 43.4 Å². The molecule has 0 amide bonds. The smallest absolute Gasteiger partial charge is 0.340 e. The van der Waals surface area contributed by atoms with Gasteiger partial charge >= 0.3 is 11.9 Å². The fourth-order valence-electron chi connectivity index (χ4n) is 3.30. The normalized spacial score (nSPS) is 22.0. The topological polar surface area (TPSA) is 68.3 Å². The third-order valence-electron chi connectivity index (χ3n) is 4.99. The van der Waals surface area contributed by atoms with E-state index < -0.39 is 11.9 Å². The minimum atomic E-state index is -0.639. The summed E-state index contributed by atoms with van der Waals surface area (Å²) in [6.07, 6.45) is 8.69. The number of rotatable bonds is 5. The fraction of sp³-hybridized carbons (Fsp3) is 0.292. The number of nitrogens with zero attached hydrogens (tertiary/aromatic N) is 2. The standard InChI is InChI=1S/C24H26N2O5S/c1-29-23(27)20-14-19(15-22(32)26-10-12-31-13-11-26)8-9-25(17-21(20)24(28)30-2)16-18-6-4-3-5-7-18/h3-9,14-15,17H,10-13,16H2,1-2H3/b9-8-,19-15-,20-14+,21-17+. The Balaban J connectivity index is 2.03. The Morgan fingerprint density at radius 2 is 1.72 bits per heavy atom. The third-order valence-corrected chi connectivity index (χ3v) is 5.36. The molecule has 0 aromatic heterocycles. The average molecular weight is 455 g/mol. The van der Waals surface area contributed by atoms with Crippen LogP contribution in [0.2, 0.25) is 0 Å². The van der Waals surface area contributed by atoms with Crippen LogP contribution in [0.3, 0.4) is 0 Å². The average Bonchev–Trinajstić information content (AvgIpc) is 2.82. The summed E-state index contributed by atoms with van der Waals surface area (Å²) in [5.74, 6) is -1.27. The molecule has 1 saturated heterocycles. The summed E-state index contributed by atoms with van der Waals surface area (Å²) in [6, 6.07) is 9.80. The van der Waals surface area contributed by atoms with Crippen LogP contribution in [0.1, 0.15) is 5.56 Å². The minimum Gasteiger partial charge on any atom is -0.465 e. The van der Waals surface area contributed by atoms with Crippen LogP contribution in [0.4, 0.5) is 0 Å². The molecule has 0 radical (unpaired) electrons. The van der Waals surface area contributed by atoms with Gasteiger partial charge in [0, 0.05) is 32.0 Å². The van der Waals surface area contributed by atoms with Crippen LogP contribution in [-0.4, -0.2) is 67.2 Å². The van der Waals surface area contributed by atoms with Crippen molar-refractivity contribution in [2.24, 2.45) is 0 Å². The molecule has 0 N–H and O–H groups in total. The van der Waals surface area contributed by atoms with Crippen LogP contribution in [-0.2, 0) is 30.3 Å². The summed E-state index contributed by atoms with van der Waals surface area (Å²) in [7, 11) is 2.55. The van der Waals surface area contributed by atoms with Crippen LogP contribution in [0.15, 0.2) is 77.7 Å². The van der Waals surface area contributed by atoms with Crippen molar-refractivity contribution in [2.45, 2.75) is 6.54 Å². The van der Waals surface area contributed by atoms with E-state index >= 15 is 0 Å². The molecule has 2 aliphatic rings. The van der Waals surface area contributed by atoms with Crippen molar-refractivity contribution in [1.82, 2.24) is 9.80 Å². The summed E-state index contributed by atoms with van der Waals surface area (Å²) >= 11 is 5.60. The summed E-state index contributed by atoms with van der Waals surface area (Å²) in [6.45, 7) is 3.12. The zero-order valence-electron chi connectivity index (χ0n) is 18.2. The molecule has 1 aromatic carbocycles. The van der Waals surface area contributed by atoms with E-state index in [4.69, 9.17) is 26.4 Å². The van der Waals surface area contributed by atoms with Gasteiger partial charge in [-0.2, -0.15) is 0 Å². The summed E-state index contributed by atoms with van der Waals surface area (Å²) in [4.78, 5) is 29.7. The molecule has 1 fully saturated rings. The van der Waals surface area contributed by atoms with Crippen molar-refractivity contribution in [2.75, 3.05) is 40.5 Å². The van der Waals surface area contributed by atoms with Gasteiger partial charge in [0.05, 0.1) is 38.6 Å². The molecule has 7 nitrogen and oxygen atoms in total. The van der Waals surface area contributed by atoms with Crippen LogP contribution in [0, 0.1) is 0 Å². The van der Waals surface area contributed by atoms with Gasteiger partial charge in [0.2, 0.25) is 0 Å². The van der Waals surface area contributed by atoms with Crippen molar-refractivity contribution < 1.29 is 23.8 Å². The first-order valence-electron chi connectivity index (χ1n) is 10.2. The van der Waals surface area contributed by atoms with Crippen molar-refractivity contribution >= 4 is 29.1 Å². The minimum absolute atomic E-state index is 0.0952. The molecule has 0 aliphatic carbocycles. The van der Waals surface area contributed by atoms with Gasteiger partial charge in [-0.3, -0.25) is 0 Å². The van der Waals surface area contributed by atoms with Crippen LogP contribution < -0.4 is 0 Å². The van der Waals surface area contributed by atoms with Crippen molar-refractivity contribution in [1.29, 1.82) is 0 Å². The van der Waals surface area contributed by atoms with Crippen LogP contribution in [0.25, 0.3) is 0 Å². The molecule has 32 heavy (non-hydrogen) atoms. The highest BCUT2D eigenvalue weighted by atomic mass is 32.1. The van der Waals surface area contributed by atoms with Gasteiger partial charge < -0.3 is 24.0 Å². The predicted octanol–water partition coefficient (Wildman–Crippen LogP) is 2.76. The lowest BCUT2D eigenvalue weighted by molar-refractivity contribution is -0.139. The Hall–Kier alpha value is -3.23. The van der Waals surface area contributed by atoms with Gasteiger partial charge in [0.15, 0.2) is 0 Å². The number of thiocarbonyl (C=S) groups is 1. The van der Waals surface area contributed by atoms with E-state index in [2.05, 4.69) is 0 Å². The second-order valence-electron chi connectivity index (χ2n) is 7.14. The number of carbonyl (C=O) groups is 2. The predicted molar refractivity (Wildman–Crippen MR) is 124 cm³/mol. The maximum absolute atomic E-state index is 12.6. The van der Waals surface area contributed by atoms with Gasteiger partial charge in [0.1, 0.15) is 4.99 Å². The van der Waals surface area contributed by atoms with E-state index in [1.165, 1.54) is 14.2 Å². The second kappa shape index (κ2) is 11.4. The van der Waals surface area contributed by atoms with E-state index in [0.717, 1.165) is 5.56 Å². The number of ether oxygens (including phenoxy) is 3. The Bertz CT molecular complexity index is 975. The summed E-state index contributed by atoms with van der Waals surface area (Å²) in [5, 5.41) is 0. The molecule has 0 saturated carbocycles. The molecular weight excluding hydrogens is 428 g/mol. The Kier molecular flexibility index (Phi) is 8.35. The number of hydrogen-bond donors (Lipinski definition) is 0. The number of hydrogen-bond acceptors (Lipinski definition) is 7. The van der Waals surface area contributed by atoms with Gasteiger partial charge in [-0.05, 0) is 29.4 Å². The molecule has 0 spiro atoms. The quantitative estimate of drug-likeness (QED) is 0.382. The molecule has 8 heteroatoms. The molecule has 0 bridgehead atoms. The Morgan fingerprint density at radius 3 is 2.38 bits per heavy atom. The number of morpholine rings is 1. The van der Waals surface area contributed by atoms with Crippen LogP contribution in [0.5, 0.6) is 0 Å². The first-order chi connectivity index (χ1) is 15.5. The lowest BCUT2D eigenvalue weighted by Crippen LogP contribution is -2.39. The van der Waals surface area contributed by atoms with Crippen molar-refractivity contribution in [3.63, 3.8) is 0 Å². The number of methoxy groups -OCH3 is 2. The SMILES string of the molecule is COC(=O)C1=C/C(=C\C(=S)N2CCOCC2)/C=C\N(Cc2ccccc2)/C=C\1C(=O)OC. The van der Waals surface area contributed by atoms with Crippen LogP contribution >= 0.6 is 12.2 Å². The first-order valence-corrected chi connectivity index (χ1v) is 10.6. The highest BCUT2D eigenvalue weighted by molar-refractivity contribution is 7.80. The largest absolute Gasteiger partial charge is 0.465 e. The lowest BCUT2D eigenvalue weighted by Gasteiger charge is -2.28. The molecule has 1 aromatic rings. The molecule has 0 unspecified atom stereocenters. The monoisotopic (exact) mass is 454 g/mol. The van der Waals surface area contributed by atoms with Crippen molar-refractivity contribution in [3.05, 3.63) is 83.2 Å². The summed E-state index contributed by atoms with van der Waals surface area (Å²) < 4.78 is 15.3. The fourth-order valence-corrected chi connectivity index (χ4v) is 3.62. The highest BCUT2D eigenvalue weighted by Crippen LogP contribution is 2.22.